The zero-order valence-corrected chi connectivity index (χ0v) is 19.7. The van der Waals surface area contributed by atoms with Gasteiger partial charge in [-0.05, 0) is 42.5 Å². The summed E-state index contributed by atoms with van der Waals surface area (Å²) in [5, 5.41) is 3.18. The van der Waals surface area contributed by atoms with Gasteiger partial charge >= 0.3 is 6.18 Å². The van der Waals surface area contributed by atoms with Crippen LogP contribution >= 0.6 is 0 Å². The summed E-state index contributed by atoms with van der Waals surface area (Å²) in [6, 6.07) is 23.5. The van der Waals surface area contributed by atoms with Crippen molar-refractivity contribution in [3.63, 3.8) is 0 Å². The molecule has 1 spiro atoms. The molecule has 2 aliphatic rings. The smallest absolute Gasteiger partial charge is 0.350 e. The number of alkyl halides is 3. The van der Waals surface area contributed by atoms with Gasteiger partial charge in [0.2, 0.25) is 5.66 Å². The molecular formula is C29H19F4N3O2. The predicted molar refractivity (Wildman–Crippen MR) is 134 cm³/mol. The number of nitrogens with one attached hydrogen (secondary N) is 1. The number of fused-ring (bicyclic) bond motifs is 3. The third-order valence-electron chi connectivity index (χ3n) is 6.87. The lowest BCUT2D eigenvalue weighted by molar-refractivity contribution is -0.137. The van der Waals surface area contributed by atoms with Crippen molar-refractivity contribution in [3.8, 4) is 0 Å². The first-order chi connectivity index (χ1) is 18.2. The fourth-order valence-corrected chi connectivity index (χ4v) is 5.16. The molecule has 4 aromatic rings. The number of halogens is 4. The Kier molecular flexibility index (Phi) is 5.27. The molecular weight excluding hydrogens is 498 g/mol. The molecule has 1 atom stereocenters. The quantitative estimate of drug-likeness (QED) is 0.324. The normalized spacial score (nSPS) is 18.4. The van der Waals surface area contributed by atoms with Crippen molar-refractivity contribution < 1.29 is 27.2 Å². The lowest BCUT2D eigenvalue weighted by Crippen LogP contribution is -2.63. The van der Waals surface area contributed by atoms with Crippen molar-refractivity contribution in [3.05, 3.63) is 125 Å². The van der Waals surface area contributed by atoms with E-state index in [0.717, 1.165) is 17.0 Å². The zero-order valence-electron chi connectivity index (χ0n) is 19.7. The molecule has 9 heteroatoms. The van der Waals surface area contributed by atoms with Gasteiger partial charge in [-0.2, -0.15) is 13.2 Å². The van der Waals surface area contributed by atoms with Crippen LogP contribution in [0.15, 0.2) is 97.1 Å². The van der Waals surface area contributed by atoms with Gasteiger partial charge in [0, 0.05) is 22.5 Å². The van der Waals surface area contributed by atoms with Gasteiger partial charge in [0.1, 0.15) is 5.82 Å². The molecule has 0 aromatic heterocycles. The van der Waals surface area contributed by atoms with Gasteiger partial charge in [0.05, 0.1) is 23.4 Å². The first-order valence-corrected chi connectivity index (χ1v) is 11.8. The van der Waals surface area contributed by atoms with E-state index < -0.39 is 35.0 Å². The lowest BCUT2D eigenvalue weighted by atomic mass is 9.92. The summed E-state index contributed by atoms with van der Waals surface area (Å²) in [5.41, 5.74) is -1.39. The van der Waals surface area contributed by atoms with Crippen LogP contribution in [0.1, 0.15) is 27.0 Å². The molecule has 0 fully saturated rings. The highest BCUT2D eigenvalue weighted by Crippen LogP contribution is 2.50. The lowest BCUT2D eigenvalue weighted by Gasteiger charge is -2.45. The fourth-order valence-electron chi connectivity index (χ4n) is 5.16. The first-order valence-electron chi connectivity index (χ1n) is 11.8. The molecule has 5 nitrogen and oxygen atoms in total. The fraction of sp³-hybridized carbons (Fsp3) is 0.103. The molecule has 6 rings (SSSR count). The maximum Gasteiger partial charge on any atom is 0.416 e. The minimum atomic E-state index is -4.66. The van der Waals surface area contributed by atoms with E-state index in [1.54, 1.807) is 60.7 Å². The summed E-state index contributed by atoms with van der Waals surface area (Å²) < 4.78 is 55.6. The highest BCUT2D eigenvalue weighted by Gasteiger charge is 2.59. The predicted octanol–water partition coefficient (Wildman–Crippen LogP) is 6.32. The zero-order chi connectivity index (χ0) is 26.7. The van der Waals surface area contributed by atoms with E-state index in [1.807, 2.05) is 0 Å². The van der Waals surface area contributed by atoms with E-state index in [9.17, 15) is 27.2 Å². The summed E-state index contributed by atoms with van der Waals surface area (Å²) in [6.07, 6.45) is -4.66. The molecule has 0 saturated carbocycles. The Bertz CT molecular complexity index is 1600. The van der Waals surface area contributed by atoms with Crippen molar-refractivity contribution in [2.75, 3.05) is 15.1 Å². The minimum Gasteiger partial charge on any atom is -0.350 e. The van der Waals surface area contributed by atoms with E-state index in [4.69, 9.17) is 0 Å². The molecule has 0 saturated heterocycles. The summed E-state index contributed by atoms with van der Waals surface area (Å²) in [7, 11) is 0. The van der Waals surface area contributed by atoms with Crippen LogP contribution in [0.4, 0.5) is 34.6 Å². The second-order valence-electron chi connectivity index (χ2n) is 9.07. The van der Waals surface area contributed by atoms with Crippen molar-refractivity contribution in [1.29, 1.82) is 0 Å². The Labute approximate surface area is 214 Å². The van der Waals surface area contributed by atoms with Gasteiger partial charge in [-0.3, -0.25) is 14.5 Å². The number of hydrogen-bond donors (Lipinski definition) is 1. The summed E-state index contributed by atoms with van der Waals surface area (Å²) in [6.45, 7) is -0.141. The van der Waals surface area contributed by atoms with Crippen molar-refractivity contribution in [2.24, 2.45) is 0 Å². The third kappa shape index (κ3) is 3.46. The van der Waals surface area contributed by atoms with E-state index in [2.05, 4.69) is 5.32 Å². The Hall–Kier alpha value is -4.66. The number of hydrogen-bond acceptors (Lipinski definition) is 3. The molecule has 0 aliphatic carbocycles. The first kappa shape index (κ1) is 23.7. The third-order valence-corrected chi connectivity index (χ3v) is 6.87. The highest BCUT2D eigenvalue weighted by atomic mass is 19.4. The van der Waals surface area contributed by atoms with Crippen LogP contribution in [0.2, 0.25) is 0 Å². The molecule has 190 valence electrons. The molecule has 1 N–H and O–H groups in total. The van der Waals surface area contributed by atoms with Gasteiger partial charge in [0.25, 0.3) is 11.8 Å². The number of para-hydroxylation sites is 2. The second-order valence-corrected chi connectivity index (χ2v) is 9.07. The van der Waals surface area contributed by atoms with Gasteiger partial charge in [-0.25, -0.2) is 4.39 Å². The van der Waals surface area contributed by atoms with E-state index in [-0.39, 0.29) is 23.4 Å². The Balaban J connectivity index is 1.59. The molecule has 2 amide bonds. The average Bonchev–Trinajstić information content (AvgIpc) is 3.13. The minimum absolute atomic E-state index is 0.109. The Morgan fingerprint density at radius 2 is 1.53 bits per heavy atom. The van der Waals surface area contributed by atoms with Crippen molar-refractivity contribution in [1.82, 2.24) is 0 Å². The van der Waals surface area contributed by atoms with Gasteiger partial charge in [0.15, 0.2) is 0 Å². The van der Waals surface area contributed by atoms with Crippen molar-refractivity contribution in [2.45, 2.75) is 18.4 Å². The Morgan fingerprint density at radius 1 is 0.816 bits per heavy atom. The summed E-state index contributed by atoms with van der Waals surface area (Å²) in [4.78, 5) is 30.8. The molecule has 38 heavy (non-hydrogen) atoms. The molecule has 4 aromatic carbocycles. The van der Waals surface area contributed by atoms with Crippen molar-refractivity contribution >= 4 is 28.9 Å². The number of amides is 2. The average molecular weight is 517 g/mol. The molecule has 0 unspecified atom stereocenters. The number of rotatable bonds is 3. The van der Waals surface area contributed by atoms with Crippen LogP contribution < -0.4 is 15.1 Å². The molecule has 0 bridgehead atoms. The summed E-state index contributed by atoms with van der Waals surface area (Å²) >= 11 is 0. The topological polar surface area (TPSA) is 52.7 Å². The number of carbonyl (C=O) groups is 2. The van der Waals surface area contributed by atoms with Gasteiger partial charge in [-0.15, -0.1) is 0 Å². The molecule has 2 aliphatic heterocycles. The van der Waals surface area contributed by atoms with Crippen LogP contribution in [0, 0.1) is 5.82 Å². The van der Waals surface area contributed by atoms with E-state index >= 15 is 0 Å². The molecule has 0 radical (unpaired) electrons. The Morgan fingerprint density at radius 3 is 2.32 bits per heavy atom. The largest absolute Gasteiger partial charge is 0.416 e. The maximum absolute atomic E-state index is 14.6. The van der Waals surface area contributed by atoms with E-state index in [1.165, 1.54) is 29.2 Å². The standard InChI is InChI=1S/C29H19F4N3O2/c30-23-13-4-1-8-18(23)17-35-25-15-6-3-12-22(25)28(27(35)38)34-24-14-5-2-11-21(24)26(37)36(28)20-10-7-9-19(16-20)29(31,32)33/h1-16,34H,17H2/t28-/m1/s1. The summed E-state index contributed by atoms with van der Waals surface area (Å²) in [5.74, 6) is -1.77. The van der Waals surface area contributed by atoms with E-state index in [0.29, 0.717) is 16.9 Å². The highest BCUT2D eigenvalue weighted by molar-refractivity contribution is 6.22. The maximum atomic E-state index is 14.6. The van der Waals surface area contributed by atoms with Crippen LogP contribution in [0.5, 0.6) is 0 Å². The number of anilines is 3. The number of benzene rings is 4. The monoisotopic (exact) mass is 517 g/mol. The van der Waals surface area contributed by atoms with Crippen LogP contribution in [0.25, 0.3) is 0 Å². The number of nitrogens with zero attached hydrogens (tertiary/aromatic N) is 2. The van der Waals surface area contributed by atoms with Crippen LogP contribution in [-0.4, -0.2) is 11.8 Å². The second kappa shape index (κ2) is 8.44. The molecule has 2 heterocycles. The van der Waals surface area contributed by atoms with Gasteiger partial charge < -0.3 is 10.2 Å². The van der Waals surface area contributed by atoms with Gasteiger partial charge in [-0.1, -0.05) is 54.6 Å². The van der Waals surface area contributed by atoms with Crippen LogP contribution in [-0.2, 0) is 23.2 Å². The SMILES string of the molecule is O=C1c2ccccc2N[C@@]2(C(=O)N(Cc3ccccc3F)c3ccccc32)N1c1cccc(C(F)(F)F)c1. The number of carbonyl (C=O) groups excluding carboxylic acids is 2. The van der Waals surface area contributed by atoms with Crippen LogP contribution in [0.3, 0.4) is 0 Å².